The number of esters is 1. The molecule has 0 radical (unpaired) electrons. The van der Waals surface area contributed by atoms with Gasteiger partial charge in [-0.05, 0) is 32.9 Å². The molecule has 0 atom stereocenters. The summed E-state index contributed by atoms with van der Waals surface area (Å²) in [6, 6.07) is 21.1. The number of hydrogen-bond donors (Lipinski definition) is 0. The van der Waals surface area contributed by atoms with Crippen molar-refractivity contribution in [3.63, 3.8) is 0 Å². The molecule has 0 aromatic heterocycles. The standard InChI is InChI=1S/C23H21NO4/c1-16-6-4-8-19(14-16)23(3,20-9-5-7-17(2)15-20)28-22(25)18-10-12-21(13-11-18)24(26)27/h4-15H,1-3H3. The maximum atomic E-state index is 12.9. The fourth-order valence-electron chi connectivity index (χ4n) is 3.13. The molecule has 5 nitrogen and oxygen atoms in total. The second kappa shape index (κ2) is 7.64. The summed E-state index contributed by atoms with van der Waals surface area (Å²) >= 11 is 0. The van der Waals surface area contributed by atoms with Gasteiger partial charge < -0.3 is 4.74 Å². The van der Waals surface area contributed by atoms with Crippen LogP contribution in [0, 0.1) is 24.0 Å². The molecular formula is C23H21NO4. The molecule has 0 amide bonds. The van der Waals surface area contributed by atoms with Crippen LogP contribution >= 0.6 is 0 Å². The largest absolute Gasteiger partial charge is 0.446 e. The number of rotatable bonds is 5. The van der Waals surface area contributed by atoms with Crippen molar-refractivity contribution in [3.8, 4) is 0 Å². The van der Waals surface area contributed by atoms with Crippen molar-refractivity contribution >= 4 is 11.7 Å². The van der Waals surface area contributed by atoms with Crippen LogP contribution in [0.1, 0.15) is 39.5 Å². The van der Waals surface area contributed by atoms with Crippen molar-refractivity contribution in [3.05, 3.63) is 111 Å². The summed E-state index contributed by atoms with van der Waals surface area (Å²) in [5, 5.41) is 10.8. The molecule has 0 spiro atoms. The molecule has 0 saturated carbocycles. The molecule has 5 heteroatoms. The Morgan fingerprint density at radius 2 is 1.39 bits per heavy atom. The predicted molar refractivity (Wildman–Crippen MR) is 107 cm³/mol. The molecule has 0 heterocycles. The Hall–Kier alpha value is -3.47. The third-order valence-corrected chi connectivity index (χ3v) is 4.75. The van der Waals surface area contributed by atoms with Gasteiger partial charge in [0.05, 0.1) is 10.5 Å². The lowest BCUT2D eigenvalue weighted by Gasteiger charge is -2.31. The molecule has 0 aliphatic rings. The van der Waals surface area contributed by atoms with Crippen LogP contribution in [0.15, 0.2) is 72.8 Å². The lowest BCUT2D eigenvalue weighted by molar-refractivity contribution is -0.384. The number of nitro groups is 1. The SMILES string of the molecule is Cc1cccc(C(C)(OC(=O)c2ccc([N+](=O)[O-])cc2)c2cccc(C)c2)c1. The van der Waals surface area contributed by atoms with Gasteiger partial charge in [0.1, 0.15) is 0 Å². The second-order valence-corrected chi connectivity index (χ2v) is 6.97. The Morgan fingerprint density at radius 1 is 0.893 bits per heavy atom. The van der Waals surface area contributed by atoms with E-state index in [1.807, 2.05) is 69.3 Å². The lowest BCUT2D eigenvalue weighted by Crippen LogP contribution is -2.31. The van der Waals surface area contributed by atoms with Gasteiger partial charge in [-0.2, -0.15) is 0 Å². The van der Waals surface area contributed by atoms with E-state index in [1.165, 1.54) is 24.3 Å². The van der Waals surface area contributed by atoms with Crippen LogP contribution in [0.2, 0.25) is 0 Å². The molecule has 0 saturated heterocycles. The summed E-state index contributed by atoms with van der Waals surface area (Å²) in [5.41, 5.74) is 3.01. The monoisotopic (exact) mass is 375 g/mol. The molecule has 28 heavy (non-hydrogen) atoms. The minimum atomic E-state index is -1.00. The Bertz CT molecular complexity index is 979. The van der Waals surface area contributed by atoms with Crippen LogP contribution in [-0.2, 0) is 10.3 Å². The van der Waals surface area contributed by atoms with Crippen LogP contribution in [0.3, 0.4) is 0 Å². The zero-order valence-corrected chi connectivity index (χ0v) is 16.0. The zero-order valence-electron chi connectivity index (χ0n) is 16.0. The van der Waals surface area contributed by atoms with Crippen molar-refractivity contribution in [1.29, 1.82) is 0 Å². The number of carbonyl (C=O) groups is 1. The average Bonchev–Trinajstić information content (AvgIpc) is 2.68. The minimum absolute atomic E-state index is 0.0725. The van der Waals surface area contributed by atoms with Crippen molar-refractivity contribution in [1.82, 2.24) is 0 Å². The Kier molecular flexibility index (Phi) is 5.27. The smallest absolute Gasteiger partial charge is 0.339 e. The molecule has 142 valence electrons. The van der Waals surface area contributed by atoms with Crippen LogP contribution in [0.5, 0.6) is 0 Å². The summed E-state index contributed by atoms with van der Waals surface area (Å²) in [4.78, 5) is 23.2. The van der Waals surface area contributed by atoms with Crippen LogP contribution in [0.4, 0.5) is 5.69 Å². The fraction of sp³-hybridized carbons (Fsp3) is 0.174. The fourth-order valence-corrected chi connectivity index (χ4v) is 3.13. The number of non-ortho nitro benzene ring substituents is 1. The number of aryl methyl sites for hydroxylation is 2. The normalized spacial score (nSPS) is 11.1. The first-order valence-electron chi connectivity index (χ1n) is 8.92. The van der Waals surface area contributed by atoms with Gasteiger partial charge >= 0.3 is 5.97 Å². The first kappa shape index (κ1) is 19.3. The van der Waals surface area contributed by atoms with Gasteiger partial charge in [-0.3, -0.25) is 10.1 Å². The highest BCUT2D eigenvalue weighted by Crippen LogP contribution is 2.35. The van der Waals surface area contributed by atoms with Gasteiger partial charge in [0, 0.05) is 23.3 Å². The molecular weight excluding hydrogens is 354 g/mol. The molecule has 0 unspecified atom stereocenters. The van der Waals surface area contributed by atoms with Crippen LogP contribution < -0.4 is 0 Å². The van der Waals surface area contributed by atoms with Crippen LogP contribution in [0.25, 0.3) is 0 Å². The predicted octanol–water partition coefficient (Wildman–Crippen LogP) is 5.33. The highest BCUT2D eigenvalue weighted by molar-refractivity contribution is 5.90. The van der Waals surface area contributed by atoms with Crippen molar-refractivity contribution in [2.75, 3.05) is 0 Å². The summed E-state index contributed by atoms with van der Waals surface area (Å²) in [7, 11) is 0. The number of carbonyl (C=O) groups excluding carboxylic acids is 1. The van der Waals surface area contributed by atoms with Crippen molar-refractivity contribution in [2.24, 2.45) is 0 Å². The summed E-state index contributed by atoms with van der Waals surface area (Å²) in [6.45, 7) is 5.83. The van der Waals surface area contributed by atoms with E-state index in [0.29, 0.717) is 0 Å². The first-order valence-corrected chi connectivity index (χ1v) is 8.92. The number of benzene rings is 3. The Labute approximate surface area is 163 Å². The molecule has 0 aliphatic carbocycles. The first-order chi connectivity index (χ1) is 13.3. The minimum Gasteiger partial charge on any atom is -0.446 e. The van der Waals surface area contributed by atoms with E-state index in [0.717, 1.165) is 22.3 Å². The Morgan fingerprint density at radius 3 is 1.82 bits per heavy atom. The zero-order chi connectivity index (χ0) is 20.3. The average molecular weight is 375 g/mol. The maximum absolute atomic E-state index is 12.9. The van der Waals surface area contributed by atoms with Gasteiger partial charge in [-0.1, -0.05) is 59.7 Å². The highest BCUT2D eigenvalue weighted by atomic mass is 16.6. The third kappa shape index (κ3) is 3.93. The number of hydrogen-bond acceptors (Lipinski definition) is 4. The van der Waals surface area contributed by atoms with E-state index in [4.69, 9.17) is 4.74 Å². The van der Waals surface area contributed by atoms with E-state index in [-0.39, 0.29) is 11.3 Å². The maximum Gasteiger partial charge on any atom is 0.339 e. The lowest BCUT2D eigenvalue weighted by atomic mass is 9.86. The van der Waals surface area contributed by atoms with Crippen molar-refractivity contribution < 1.29 is 14.5 Å². The molecule has 0 bridgehead atoms. The van der Waals surface area contributed by atoms with E-state index < -0.39 is 16.5 Å². The Balaban J connectivity index is 2.02. The van der Waals surface area contributed by atoms with E-state index in [1.54, 1.807) is 0 Å². The highest BCUT2D eigenvalue weighted by Gasteiger charge is 2.34. The van der Waals surface area contributed by atoms with Gasteiger partial charge in [0.2, 0.25) is 0 Å². The summed E-state index contributed by atoms with van der Waals surface area (Å²) in [6.07, 6.45) is 0. The summed E-state index contributed by atoms with van der Waals surface area (Å²) < 4.78 is 6.00. The molecule has 0 fully saturated rings. The number of nitro benzene ring substituents is 1. The molecule has 3 aromatic carbocycles. The summed E-state index contributed by atoms with van der Waals surface area (Å²) in [5.74, 6) is -0.541. The molecule has 0 aliphatic heterocycles. The van der Waals surface area contributed by atoms with Crippen LogP contribution in [-0.4, -0.2) is 10.9 Å². The quantitative estimate of drug-likeness (QED) is 0.343. The van der Waals surface area contributed by atoms with Gasteiger partial charge in [0.15, 0.2) is 5.60 Å². The molecule has 3 rings (SSSR count). The number of nitrogens with zero attached hydrogens (tertiary/aromatic N) is 1. The molecule has 3 aromatic rings. The third-order valence-electron chi connectivity index (χ3n) is 4.75. The second-order valence-electron chi connectivity index (χ2n) is 6.97. The van der Waals surface area contributed by atoms with E-state index in [2.05, 4.69) is 0 Å². The van der Waals surface area contributed by atoms with E-state index >= 15 is 0 Å². The van der Waals surface area contributed by atoms with E-state index in [9.17, 15) is 14.9 Å². The van der Waals surface area contributed by atoms with Gasteiger partial charge in [0.25, 0.3) is 5.69 Å². The van der Waals surface area contributed by atoms with Gasteiger partial charge in [-0.15, -0.1) is 0 Å². The topological polar surface area (TPSA) is 69.4 Å². The number of ether oxygens (including phenoxy) is 1. The molecule has 0 N–H and O–H groups in total. The van der Waals surface area contributed by atoms with Gasteiger partial charge in [-0.25, -0.2) is 4.79 Å². The van der Waals surface area contributed by atoms with Crippen molar-refractivity contribution in [2.45, 2.75) is 26.4 Å².